The second-order valence-corrected chi connectivity index (χ2v) is 3.92. The monoisotopic (exact) mass is 251 g/mol. The zero-order valence-electron chi connectivity index (χ0n) is 9.54. The summed E-state index contributed by atoms with van der Waals surface area (Å²) >= 11 is 0. The Balaban J connectivity index is 2.06. The Morgan fingerprint density at radius 1 is 0.889 bits per heavy atom. The topological polar surface area (TPSA) is 12.0 Å². The third kappa shape index (κ3) is 3.26. The van der Waals surface area contributed by atoms with Gasteiger partial charge in [0.25, 0.3) is 0 Å². The second kappa shape index (κ2) is 5.12. The van der Waals surface area contributed by atoms with E-state index in [2.05, 4.69) is 5.32 Å². The van der Waals surface area contributed by atoms with Crippen LogP contribution in [0.4, 0.5) is 18.9 Å². The highest BCUT2D eigenvalue weighted by Gasteiger charge is 2.30. The smallest absolute Gasteiger partial charge is 0.381 e. The van der Waals surface area contributed by atoms with E-state index in [9.17, 15) is 13.2 Å². The van der Waals surface area contributed by atoms with E-state index >= 15 is 0 Å². The molecular formula is C14H12F3N. The molecule has 2 aromatic rings. The highest BCUT2D eigenvalue weighted by molar-refractivity contribution is 5.43. The van der Waals surface area contributed by atoms with Crippen molar-refractivity contribution in [3.8, 4) is 0 Å². The summed E-state index contributed by atoms with van der Waals surface area (Å²) in [5.74, 6) is 0. The van der Waals surface area contributed by atoms with Gasteiger partial charge >= 0.3 is 6.18 Å². The van der Waals surface area contributed by atoms with Crippen LogP contribution in [0.3, 0.4) is 0 Å². The molecule has 94 valence electrons. The molecular weight excluding hydrogens is 239 g/mol. The van der Waals surface area contributed by atoms with Crippen LogP contribution in [-0.2, 0) is 12.7 Å². The fraction of sp³-hybridized carbons (Fsp3) is 0.143. The highest BCUT2D eigenvalue weighted by Crippen LogP contribution is 2.29. The lowest BCUT2D eigenvalue weighted by molar-refractivity contribution is -0.137. The Morgan fingerprint density at radius 2 is 1.61 bits per heavy atom. The molecule has 0 radical (unpaired) electrons. The van der Waals surface area contributed by atoms with Gasteiger partial charge < -0.3 is 5.32 Å². The van der Waals surface area contributed by atoms with Crippen molar-refractivity contribution < 1.29 is 13.2 Å². The Bertz CT molecular complexity index is 506. The van der Waals surface area contributed by atoms with Gasteiger partial charge in [0.05, 0.1) is 5.56 Å². The average Bonchev–Trinajstić information content (AvgIpc) is 2.37. The summed E-state index contributed by atoms with van der Waals surface area (Å²) in [6.07, 6.45) is -4.29. The molecule has 0 fully saturated rings. The predicted octanol–water partition coefficient (Wildman–Crippen LogP) is 4.32. The van der Waals surface area contributed by atoms with E-state index in [1.165, 1.54) is 6.07 Å². The average molecular weight is 251 g/mol. The van der Waals surface area contributed by atoms with E-state index in [0.717, 1.165) is 17.8 Å². The Kier molecular flexibility index (Phi) is 3.55. The number of hydrogen-bond donors (Lipinski definition) is 1. The van der Waals surface area contributed by atoms with Gasteiger partial charge in [0.1, 0.15) is 0 Å². The molecule has 0 saturated heterocycles. The van der Waals surface area contributed by atoms with E-state index < -0.39 is 11.7 Å². The molecule has 0 bridgehead atoms. The first kappa shape index (κ1) is 12.5. The van der Waals surface area contributed by atoms with Crippen molar-refractivity contribution in [1.82, 2.24) is 0 Å². The minimum atomic E-state index is -4.29. The zero-order valence-corrected chi connectivity index (χ0v) is 9.54. The first-order chi connectivity index (χ1) is 8.55. The van der Waals surface area contributed by atoms with Crippen LogP contribution in [0.5, 0.6) is 0 Å². The quantitative estimate of drug-likeness (QED) is 0.856. The van der Waals surface area contributed by atoms with Gasteiger partial charge in [-0.25, -0.2) is 0 Å². The lowest BCUT2D eigenvalue weighted by Crippen LogP contribution is -2.06. The molecule has 0 heterocycles. The molecule has 0 aromatic heterocycles. The maximum absolute atomic E-state index is 12.5. The van der Waals surface area contributed by atoms with Gasteiger partial charge in [-0.05, 0) is 29.8 Å². The van der Waals surface area contributed by atoms with Crippen molar-refractivity contribution in [2.24, 2.45) is 0 Å². The molecule has 0 spiro atoms. The number of benzene rings is 2. The summed E-state index contributed by atoms with van der Waals surface area (Å²) in [6.45, 7) is 0.369. The Hall–Kier alpha value is -1.97. The van der Waals surface area contributed by atoms with Gasteiger partial charge in [-0.2, -0.15) is 13.2 Å². The number of hydrogen-bond acceptors (Lipinski definition) is 1. The fourth-order valence-electron chi connectivity index (χ4n) is 1.62. The molecule has 0 amide bonds. The Labute approximate surface area is 103 Å². The number of nitrogens with one attached hydrogen (secondary N) is 1. The molecule has 4 heteroatoms. The summed E-state index contributed by atoms with van der Waals surface area (Å²) in [7, 11) is 0. The van der Waals surface area contributed by atoms with Crippen LogP contribution >= 0.6 is 0 Å². The molecule has 0 aliphatic carbocycles. The standard InChI is InChI=1S/C14H12F3N/c15-14(16,17)12-6-4-5-11(9-12)10-18-13-7-2-1-3-8-13/h1-9,18H,10H2. The van der Waals surface area contributed by atoms with E-state index in [1.807, 2.05) is 30.3 Å². The SMILES string of the molecule is FC(F)(F)c1cccc(CNc2ccccc2)c1. The summed E-state index contributed by atoms with van der Waals surface area (Å²) in [6, 6.07) is 14.7. The van der Waals surface area contributed by atoms with Crippen LogP contribution in [0.2, 0.25) is 0 Å². The number of para-hydroxylation sites is 1. The maximum atomic E-state index is 12.5. The molecule has 2 rings (SSSR count). The molecule has 0 aliphatic rings. The Morgan fingerprint density at radius 3 is 2.28 bits per heavy atom. The van der Waals surface area contributed by atoms with E-state index in [4.69, 9.17) is 0 Å². The fourth-order valence-corrected chi connectivity index (χ4v) is 1.62. The van der Waals surface area contributed by atoms with Crippen LogP contribution in [0.25, 0.3) is 0 Å². The molecule has 0 saturated carbocycles. The van der Waals surface area contributed by atoms with E-state index in [1.54, 1.807) is 6.07 Å². The minimum Gasteiger partial charge on any atom is -0.381 e. The van der Waals surface area contributed by atoms with Crippen molar-refractivity contribution >= 4 is 5.69 Å². The molecule has 2 aromatic carbocycles. The van der Waals surface area contributed by atoms with Crippen LogP contribution < -0.4 is 5.32 Å². The van der Waals surface area contributed by atoms with Gasteiger partial charge in [0.2, 0.25) is 0 Å². The largest absolute Gasteiger partial charge is 0.416 e. The lowest BCUT2D eigenvalue weighted by atomic mass is 10.1. The minimum absolute atomic E-state index is 0.369. The highest BCUT2D eigenvalue weighted by atomic mass is 19.4. The number of halogens is 3. The summed E-state index contributed by atoms with van der Waals surface area (Å²) in [5.41, 5.74) is 0.874. The number of anilines is 1. The number of alkyl halides is 3. The second-order valence-electron chi connectivity index (χ2n) is 3.92. The first-order valence-electron chi connectivity index (χ1n) is 5.51. The lowest BCUT2D eigenvalue weighted by Gasteiger charge is -2.10. The van der Waals surface area contributed by atoms with Crippen LogP contribution in [-0.4, -0.2) is 0 Å². The van der Waals surface area contributed by atoms with E-state index in [-0.39, 0.29) is 0 Å². The maximum Gasteiger partial charge on any atom is 0.416 e. The van der Waals surface area contributed by atoms with Gasteiger partial charge in [-0.15, -0.1) is 0 Å². The first-order valence-corrected chi connectivity index (χ1v) is 5.51. The molecule has 1 nitrogen and oxygen atoms in total. The summed E-state index contributed by atoms with van der Waals surface area (Å²) in [4.78, 5) is 0. The van der Waals surface area contributed by atoms with Crippen molar-refractivity contribution in [3.05, 3.63) is 65.7 Å². The van der Waals surface area contributed by atoms with Gasteiger partial charge in [0, 0.05) is 12.2 Å². The third-order valence-electron chi connectivity index (χ3n) is 2.52. The third-order valence-corrected chi connectivity index (χ3v) is 2.52. The summed E-state index contributed by atoms with van der Waals surface area (Å²) < 4.78 is 37.5. The molecule has 0 aliphatic heterocycles. The van der Waals surface area contributed by atoms with Crippen molar-refractivity contribution in [2.75, 3.05) is 5.32 Å². The van der Waals surface area contributed by atoms with Gasteiger partial charge in [-0.1, -0.05) is 30.3 Å². The van der Waals surface area contributed by atoms with Crippen LogP contribution in [0, 0.1) is 0 Å². The van der Waals surface area contributed by atoms with Crippen LogP contribution in [0.15, 0.2) is 54.6 Å². The van der Waals surface area contributed by atoms with Gasteiger partial charge in [0.15, 0.2) is 0 Å². The van der Waals surface area contributed by atoms with Crippen LogP contribution in [0.1, 0.15) is 11.1 Å². The molecule has 0 atom stereocenters. The number of rotatable bonds is 3. The molecule has 0 unspecified atom stereocenters. The summed E-state index contributed by atoms with van der Waals surface area (Å²) in [5, 5.41) is 3.07. The van der Waals surface area contributed by atoms with E-state index in [0.29, 0.717) is 12.1 Å². The zero-order chi connectivity index (χ0) is 13.0. The molecule has 1 N–H and O–H groups in total. The van der Waals surface area contributed by atoms with Crippen molar-refractivity contribution in [3.63, 3.8) is 0 Å². The normalized spacial score (nSPS) is 11.3. The van der Waals surface area contributed by atoms with Crippen molar-refractivity contribution in [1.29, 1.82) is 0 Å². The van der Waals surface area contributed by atoms with Crippen molar-refractivity contribution in [2.45, 2.75) is 12.7 Å². The molecule has 18 heavy (non-hydrogen) atoms. The predicted molar refractivity (Wildman–Crippen MR) is 65.2 cm³/mol. The van der Waals surface area contributed by atoms with Gasteiger partial charge in [-0.3, -0.25) is 0 Å².